The van der Waals surface area contributed by atoms with Crippen LogP contribution < -0.4 is 16.4 Å². The molecule has 0 aromatic carbocycles. The van der Waals surface area contributed by atoms with Crippen LogP contribution in [-0.4, -0.2) is 40.6 Å². The lowest BCUT2D eigenvalue weighted by atomic mass is 9.93. The van der Waals surface area contributed by atoms with E-state index in [0.29, 0.717) is 0 Å². The van der Waals surface area contributed by atoms with Gasteiger partial charge in [-0.15, -0.1) is 0 Å². The maximum Gasteiger partial charge on any atom is 0.328 e. The monoisotopic (exact) mass is 233 g/mol. The molecule has 0 bridgehead atoms. The third-order valence-corrected chi connectivity index (χ3v) is 1.99. The molecule has 1 rings (SSSR count). The van der Waals surface area contributed by atoms with Gasteiger partial charge in [0, 0.05) is 6.42 Å². The van der Waals surface area contributed by atoms with Crippen molar-refractivity contribution in [3.05, 3.63) is 0 Å². The number of carboxylic acid groups (broad SMARTS) is 1. The van der Waals surface area contributed by atoms with E-state index in [4.69, 9.17) is 10.8 Å². The molecule has 0 aromatic heterocycles. The van der Waals surface area contributed by atoms with Crippen LogP contribution >= 0.6 is 0 Å². The minimum Gasteiger partial charge on any atom is -0.480 e. The van der Waals surface area contributed by atoms with E-state index in [1.807, 2.05) is 0 Å². The van der Waals surface area contributed by atoms with Crippen LogP contribution in [0.1, 0.15) is 6.42 Å². The Morgan fingerprint density at radius 1 is 1.38 bits per heavy atom. The number of urea groups is 1. The van der Waals surface area contributed by atoms with Crippen LogP contribution in [-0.2, 0) is 14.4 Å². The van der Waals surface area contributed by atoms with Gasteiger partial charge in [0.15, 0.2) is 0 Å². The Bertz CT molecular complexity index is 362. The van der Waals surface area contributed by atoms with Crippen LogP contribution in [0.3, 0.4) is 0 Å². The lowest BCUT2D eigenvalue weighted by Gasteiger charge is -2.27. The Labute approximate surface area is 88.0 Å². The fourth-order valence-corrected chi connectivity index (χ4v) is 1.11. The summed E-state index contributed by atoms with van der Waals surface area (Å²) in [5.74, 6) is -4.59. The third-order valence-electron chi connectivity index (χ3n) is 1.99. The Balaban J connectivity index is 2.90. The van der Waals surface area contributed by atoms with E-state index in [1.165, 1.54) is 10.6 Å². The Kier molecular flexibility index (Phi) is 2.90. The lowest BCUT2D eigenvalue weighted by molar-refractivity contribution is -0.149. The molecule has 9 heteroatoms. The second-order valence-electron chi connectivity index (χ2n) is 3.19. The highest BCUT2D eigenvalue weighted by atomic mass is 19.1. The van der Waals surface area contributed by atoms with Crippen LogP contribution in [0.2, 0.25) is 0 Å². The highest BCUT2D eigenvalue weighted by molar-refractivity contribution is 6.21. The molecule has 1 aliphatic heterocycles. The molecule has 16 heavy (non-hydrogen) atoms. The van der Waals surface area contributed by atoms with Gasteiger partial charge in [-0.2, -0.15) is 0 Å². The number of nitrogens with one attached hydrogen (secondary N) is 2. The molecule has 1 fully saturated rings. The summed E-state index contributed by atoms with van der Waals surface area (Å²) in [6, 6.07) is -2.89. The number of barbiturate groups is 1. The largest absolute Gasteiger partial charge is 0.480 e. The van der Waals surface area contributed by atoms with E-state index in [-0.39, 0.29) is 0 Å². The molecule has 1 atom stereocenters. The fourth-order valence-electron chi connectivity index (χ4n) is 1.11. The van der Waals surface area contributed by atoms with Crippen LogP contribution in [0.15, 0.2) is 0 Å². The number of carbonyl (C=O) groups is 4. The van der Waals surface area contributed by atoms with Gasteiger partial charge in [0.1, 0.15) is 6.04 Å². The van der Waals surface area contributed by atoms with Crippen LogP contribution in [0.25, 0.3) is 0 Å². The maximum absolute atomic E-state index is 13.8. The van der Waals surface area contributed by atoms with E-state index in [1.54, 1.807) is 0 Å². The number of nitrogens with two attached hydrogens (primary N) is 1. The highest BCUT2D eigenvalue weighted by Gasteiger charge is 2.52. The quantitative estimate of drug-likeness (QED) is 0.410. The zero-order valence-electron chi connectivity index (χ0n) is 7.82. The van der Waals surface area contributed by atoms with E-state index in [0.717, 1.165) is 0 Å². The number of aliphatic carboxylic acids is 1. The average molecular weight is 233 g/mol. The lowest BCUT2D eigenvalue weighted by Crippen LogP contribution is -2.66. The normalized spacial score (nSPS) is 21.0. The van der Waals surface area contributed by atoms with Gasteiger partial charge < -0.3 is 10.8 Å². The summed E-state index contributed by atoms with van der Waals surface area (Å²) in [6.45, 7) is 0. The second-order valence-corrected chi connectivity index (χ2v) is 3.19. The third kappa shape index (κ3) is 1.98. The summed E-state index contributed by atoms with van der Waals surface area (Å²) >= 11 is 0. The average Bonchev–Trinajstić information content (AvgIpc) is 2.14. The molecule has 1 unspecified atom stereocenters. The molecule has 0 aromatic rings. The molecule has 0 aliphatic carbocycles. The molecular weight excluding hydrogens is 225 g/mol. The number of amides is 4. The van der Waals surface area contributed by atoms with E-state index in [2.05, 4.69) is 0 Å². The number of imide groups is 2. The molecular formula is C7H8FN3O5. The molecule has 5 N–H and O–H groups in total. The van der Waals surface area contributed by atoms with Crippen LogP contribution in [0.4, 0.5) is 9.18 Å². The predicted molar refractivity (Wildman–Crippen MR) is 45.7 cm³/mol. The molecule has 0 radical (unpaired) electrons. The number of alkyl halides is 1. The molecule has 4 amide bonds. The highest BCUT2D eigenvalue weighted by Crippen LogP contribution is 2.21. The van der Waals surface area contributed by atoms with Gasteiger partial charge in [0.25, 0.3) is 17.5 Å². The van der Waals surface area contributed by atoms with Crippen LogP contribution in [0, 0.1) is 0 Å². The van der Waals surface area contributed by atoms with Crippen molar-refractivity contribution >= 4 is 23.8 Å². The first-order valence-corrected chi connectivity index (χ1v) is 4.11. The molecule has 88 valence electrons. The SMILES string of the molecule is NC(CC1(F)C(=O)NC(=O)NC1=O)C(=O)O. The number of carbonyl (C=O) groups excluding carboxylic acids is 3. The molecule has 1 saturated heterocycles. The van der Waals surface area contributed by atoms with Gasteiger partial charge >= 0.3 is 12.0 Å². The first-order chi connectivity index (χ1) is 7.27. The smallest absolute Gasteiger partial charge is 0.328 e. The molecule has 0 spiro atoms. The Morgan fingerprint density at radius 2 is 1.81 bits per heavy atom. The Morgan fingerprint density at radius 3 is 2.19 bits per heavy atom. The van der Waals surface area contributed by atoms with Gasteiger partial charge in [-0.05, 0) is 0 Å². The summed E-state index contributed by atoms with van der Waals surface area (Å²) in [6.07, 6.45) is -1.05. The van der Waals surface area contributed by atoms with Gasteiger partial charge in [0.05, 0.1) is 0 Å². The Hall–Kier alpha value is -2.03. The minimum atomic E-state index is -3.15. The van der Waals surface area contributed by atoms with E-state index in [9.17, 15) is 23.6 Å². The van der Waals surface area contributed by atoms with Crippen molar-refractivity contribution in [3.8, 4) is 0 Å². The summed E-state index contributed by atoms with van der Waals surface area (Å²) in [5, 5.41) is 11.5. The second kappa shape index (κ2) is 3.85. The van der Waals surface area contributed by atoms with Gasteiger partial charge in [-0.25, -0.2) is 9.18 Å². The van der Waals surface area contributed by atoms with Gasteiger partial charge in [0.2, 0.25) is 0 Å². The van der Waals surface area contributed by atoms with E-state index >= 15 is 0 Å². The van der Waals surface area contributed by atoms with Crippen molar-refractivity contribution in [1.29, 1.82) is 0 Å². The first kappa shape index (κ1) is 12.0. The minimum absolute atomic E-state index is 1.05. The topological polar surface area (TPSA) is 139 Å². The fraction of sp³-hybridized carbons (Fsp3) is 0.429. The molecule has 1 aliphatic rings. The number of halogens is 1. The van der Waals surface area contributed by atoms with E-state index < -0.39 is 41.9 Å². The zero-order chi connectivity index (χ0) is 12.5. The molecule has 1 heterocycles. The standard InChI is InChI=1S/C7H8FN3O5/c8-7(1-2(9)3(12)13)4(14)10-6(16)11-5(7)15/h2H,1,9H2,(H,12,13)(H2,10,11,14,15,16). The van der Waals surface area contributed by atoms with Gasteiger partial charge in [-0.3, -0.25) is 25.0 Å². The van der Waals surface area contributed by atoms with Crippen molar-refractivity contribution in [2.75, 3.05) is 0 Å². The number of hydrogen-bond acceptors (Lipinski definition) is 5. The summed E-state index contributed by atoms with van der Waals surface area (Å²) in [5.41, 5.74) is 1.86. The molecule has 8 nitrogen and oxygen atoms in total. The number of carboxylic acids is 1. The first-order valence-electron chi connectivity index (χ1n) is 4.11. The van der Waals surface area contributed by atoms with Crippen molar-refractivity contribution in [2.24, 2.45) is 5.73 Å². The van der Waals surface area contributed by atoms with Crippen molar-refractivity contribution in [2.45, 2.75) is 18.1 Å². The number of hydrogen-bond donors (Lipinski definition) is 4. The predicted octanol–water partition coefficient (Wildman–Crippen LogP) is -2.14. The number of rotatable bonds is 3. The van der Waals surface area contributed by atoms with Crippen molar-refractivity contribution < 1.29 is 28.7 Å². The van der Waals surface area contributed by atoms with Gasteiger partial charge in [-0.1, -0.05) is 0 Å². The summed E-state index contributed by atoms with van der Waals surface area (Å²) in [4.78, 5) is 43.1. The summed E-state index contributed by atoms with van der Waals surface area (Å²) in [7, 11) is 0. The van der Waals surface area contributed by atoms with Crippen molar-refractivity contribution in [3.63, 3.8) is 0 Å². The summed E-state index contributed by atoms with van der Waals surface area (Å²) < 4.78 is 13.8. The molecule has 0 saturated carbocycles. The van der Waals surface area contributed by atoms with Crippen LogP contribution in [0.5, 0.6) is 0 Å². The van der Waals surface area contributed by atoms with Crippen molar-refractivity contribution in [1.82, 2.24) is 10.6 Å². The zero-order valence-corrected chi connectivity index (χ0v) is 7.82. The maximum atomic E-state index is 13.8.